The van der Waals surface area contributed by atoms with Crippen molar-refractivity contribution in [1.29, 1.82) is 0 Å². The second kappa shape index (κ2) is 4.96. The molecule has 0 aliphatic carbocycles. The Hall–Kier alpha value is -1.59. The number of hydrogen-bond acceptors (Lipinski definition) is 4. The van der Waals surface area contributed by atoms with Crippen LogP contribution in [-0.4, -0.2) is 23.7 Å². The van der Waals surface area contributed by atoms with Crippen molar-refractivity contribution < 1.29 is 4.74 Å². The molecule has 0 amide bonds. The van der Waals surface area contributed by atoms with E-state index in [0.29, 0.717) is 16.7 Å². The molecule has 6 heteroatoms. The monoisotopic (exact) mass is 267 g/mol. The lowest BCUT2D eigenvalue weighted by Crippen LogP contribution is -2.31. The Bertz CT molecular complexity index is 639. The fourth-order valence-electron chi connectivity index (χ4n) is 1.74. The Morgan fingerprint density at radius 2 is 2.22 bits per heavy atom. The zero-order valence-electron chi connectivity index (χ0n) is 10.4. The molecule has 1 aromatic heterocycles. The van der Waals surface area contributed by atoms with Crippen LogP contribution >= 0.6 is 11.6 Å². The van der Waals surface area contributed by atoms with Gasteiger partial charge < -0.3 is 10.1 Å². The van der Waals surface area contributed by atoms with Gasteiger partial charge in [0.15, 0.2) is 0 Å². The van der Waals surface area contributed by atoms with Crippen molar-refractivity contribution in [2.24, 2.45) is 0 Å². The molecule has 1 N–H and O–H groups in total. The van der Waals surface area contributed by atoms with Gasteiger partial charge in [-0.2, -0.15) is 0 Å². The lowest BCUT2D eigenvalue weighted by molar-refractivity contribution is 0.415. The molecular formula is C12H14ClN3O2. The van der Waals surface area contributed by atoms with Gasteiger partial charge in [0.2, 0.25) is 5.28 Å². The summed E-state index contributed by atoms with van der Waals surface area (Å²) in [5.41, 5.74) is 0.371. The molecule has 1 heterocycles. The molecule has 18 heavy (non-hydrogen) atoms. The van der Waals surface area contributed by atoms with Crippen molar-refractivity contribution in [2.75, 3.05) is 14.2 Å². The number of rotatable bonds is 3. The number of nitrogens with one attached hydrogen (secondary N) is 1. The summed E-state index contributed by atoms with van der Waals surface area (Å²) in [4.78, 5) is 16.6. The lowest BCUT2D eigenvalue weighted by Gasteiger charge is -2.16. The third kappa shape index (κ3) is 2.07. The highest BCUT2D eigenvalue weighted by Gasteiger charge is 2.13. The van der Waals surface area contributed by atoms with Crippen molar-refractivity contribution in [3.05, 3.63) is 33.8 Å². The van der Waals surface area contributed by atoms with Gasteiger partial charge in [0.25, 0.3) is 5.56 Å². The van der Waals surface area contributed by atoms with Crippen LogP contribution in [0.25, 0.3) is 10.9 Å². The first-order valence-corrected chi connectivity index (χ1v) is 5.89. The molecule has 1 aromatic carbocycles. The molecule has 96 valence electrons. The van der Waals surface area contributed by atoms with Crippen LogP contribution in [0.1, 0.15) is 13.1 Å². The quantitative estimate of drug-likeness (QED) is 0.862. The Morgan fingerprint density at radius 1 is 1.50 bits per heavy atom. The number of ether oxygens (including phenoxy) is 1. The molecule has 0 aliphatic rings. The largest absolute Gasteiger partial charge is 0.497 e. The zero-order valence-corrected chi connectivity index (χ0v) is 11.2. The SMILES string of the molecule is CNC(C)n1c(Cl)nc2ccc(OC)cc2c1=O. The van der Waals surface area contributed by atoms with E-state index in [1.807, 2.05) is 6.92 Å². The molecule has 0 aliphatic heterocycles. The molecule has 0 fully saturated rings. The van der Waals surface area contributed by atoms with E-state index in [1.165, 1.54) is 4.57 Å². The Balaban J connectivity index is 2.78. The van der Waals surface area contributed by atoms with Gasteiger partial charge in [-0.3, -0.25) is 9.36 Å². The second-order valence-corrected chi connectivity index (χ2v) is 4.24. The molecular weight excluding hydrogens is 254 g/mol. The molecule has 0 saturated carbocycles. The highest BCUT2D eigenvalue weighted by Crippen LogP contribution is 2.19. The van der Waals surface area contributed by atoms with Gasteiger partial charge in [0.05, 0.1) is 24.2 Å². The van der Waals surface area contributed by atoms with Crippen molar-refractivity contribution in [3.8, 4) is 5.75 Å². The van der Waals surface area contributed by atoms with Crippen LogP contribution in [0.3, 0.4) is 0 Å². The van der Waals surface area contributed by atoms with Gasteiger partial charge in [0.1, 0.15) is 5.75 Å². The summed E-state index contributed by atoms with van der Waals surface area (Å²) in [5.74, 6) is 0.618. The minimum Gasteiger partial charge on any atom is -0.497 e. The third-order valence-corrected chi connectivity index (χ3v) is 3.14. The van der Waals surface area contributed by atoms with Gasteiger partial charge in [-0.25, -0.2) is 4.98 Å². The molecule has 5 nitrogen and oxygen atoms in total. The van der Waals surface area contributed by atoms with Gasteiger partial charge in [-0.1, -0.05) is 0 Å². The fourth-order valence-corrected chi connectivity index (χ4v) is 2.06. The highest BCUT2D eigenvalue weighted by atomic mass is 35.5. The van der Waals surface area contributed by atoms with Crippen LogP contribution in [0.4, 0.5) is 0 Å². The van der Waals surface area contributed by atoms with Gasteiger partial charge >= 0.3 is 0 Å². The maximum atomic E-state index is 12.4. The van der Waals surface area contributed by atoms with Gasteiger partial charge in [-0.15, -0.1) is 0 Å². The number of halogens is 1. The van der Waals surface area contributed by atoms with Gasteiger partial charge in [-0.05, 0) is 43.8 Å². The van der Waals surface area contributed by atoms with Crippen molar-refractivity contribution in [3.63, 3.8) is 0 Å². The number of methoxy groups -OCH3 is 1. The molecule has 1 unspecified atom stereocenters. The Morgan fingerprint density at radius 3 is 2.83 bits per heavy atom. The van der Waals surface area contributed by atoms with E-state index in [9.17, 15) is 4.79 Å². The minimum atomic E-state index is -0.229. The first-order chi connectivity index (χ1) is 8.58. The normalized spacial score (nSPS) is 12.7. The van der Waals surface area contributed by atoms with E-state index >= 15 is 0 Å². The summed E-state index contributed by atoms with van der Waals surface area (Å²) < 4.78 is 6.52. The summed E-state index contributed by atoms with van der Waals surface area (Å²) in [7, 11) is 3.31. The average molecular weight is 268 g/mol. The van der Waals surface area contributed by atoms with E-state index in [4.69, 9.17) is 16.3 Å². The van der Waals surface area contributed by atoms with Crippen LogP contribution in [0.5, 0.6) is 5.75 Å². The zero-order chi connectivity index (χ0) is 13.3. The summed E-state index contributed by atoms with van der Waals surface area (Å²) in [6.45, 7) is 1.83. The van der Waals surface area contributed by atoms with E-state index in [2.05, 4.69) is 10.3 Å². The van der Waals surface area contributed by atoms with Crippen LogP contribution in [-0.2, 0) is 0 Å². The van der Waals surface area contributed by atoms with Crippen molar-refractivity contribution in [2.45, 2.75) is 13.1 Å². The van der Waals surface area contributed by atoms with Crippen LogP contribution in [0.2, 0.25) is 5.28 Å². The Kier molecular flexibility index (Phi) is 3.54. The van der Waals surface area contributed by atoms with Crippen molar-refractivity contribution in [1.82, 2.24) is 14.9 Å². The predicted octanol–water partition coefficient (Wildman–Crippen LogP) is 1.80. The number of fused-ring (bicyclic) bond motifs is 1. The summed E-state index contributed by atoms with van der Waals surface area (Å²) in [6, 6.07) is 5.13. The average Bonchev–Trinajstić information content (AvgIpc) is 2.38. The number of nitrogens with zero attached hydrogens (tertiary/aromatic N) is 2. The first-order valence-electron chi connectivity index (χ1n) is 5.51. The smallest absolute Gasteiger partial charge is 0.263 e. The van der Waals surface area contributed by atoms with E-state index < -0.39 is 0 Å². The molecule has 2 rings (SSSR count). The van der Waals surface area contributed by atoms with E-state index in [-0.39, 0.29) is 17.0 Å². The van der Waals surface area contributed by atoms with Crippen LogP contribution in [0.15, 0.2) is 23.0 Å². The number of hydrogen-bond donors (Lipinski definition) is 1. The minimum absolute atomic E-state index is 0.166. The van der Waals surface area contributed by atoms with Gasteiger partial charge in [0, 0.05) is 0 Å². The fraction of sp³-hybridized carbons (Fsp3) is 0.333. The maximum absolute atomic E-state index is 12.4. The third-order valence-electron chi connectivity index (χ3n) is 2.87. The van der Waals surface area contributed by atoms with Crippen LogP contribution < -0.4 is 15.6 Å². The standard InChI is InChI=1S/C12H14ClN3O2/c1-7(14-2)16-11(17)9-6-8(18-3)4-5-10(9)15-12(16)13/h4-7,14H,1-3H3. The molecule has 1 atom stereocenters. The summed E-state index contributed by atoms with van der Waals surface area (Å²) in [5, 5.41) is 3.62. The summed E-state index contributed by atoms with van der Waals surface area (Å²) in [6.07, 6.45) is -0.229. The molecule has 2 aromatic rings. The van der Waals surface area contributed by atoms with E-state index in [1.54, 1.807) is 32.4 Å². The molecule has 0 saturated heterocycles. The predicted molar refractivity (Wildman–Crippen MR) is 71.3 cm³/mol. The molecule has 0 radical (unpaired) electrons. The number of aromatic nitrogens is 2. The summed E-state index contributed by atoms with van der Waals surface area (Å²) >= 11 is 6.04. The Labute approximate surface area is 109 Å². The highest BCUT2D eigenvalue weighted by molar-refractivity contribution is 6.28. The van der Waals surface area contributed by atoms with Crippen LogP contribution in [0, 0.1) is 0 Å². The second-order valence-electron chi connectivity index (χ2n) is 3.90. The van der Waals surface area contributed by atoms with E-state index in [0.717, 1.165) is 0 Å². The lowest BCUT2D eigenvalue weighted by atomic mass is 10.2. The first kappa shape index (κ1) is 12.9. The number of benzene rings is 1. The molecule has 0 bridgehead atoms. The topological polar surface area (TPSA) is 56.1 Å². The maximum Gasteiger partial charge on any atom is 0.263 e. The van der Waals surface area contributed by atoms with Crippen molar-refractivity contribution >= 4 is 22.5 Å². The molecule has 0 spiro atoms.